The molecule has 1 aliphatic rings. The van der Waals surface area contributed by atoms with Gasteiger partial charge in [-0.3, -0.25) is 4.79 Å². The maximum atomic E-state index is 13.7. The molecule has 1 amide bonds. The summed E-state index contributed by atoms with van der Waals surface area (Å²) < 4.78 is 0. The van der Waals surface area contributed by atoms with Crippen LogP contribution >= 0.6 is 0 Å². The van der Waals surface area contributed by atoms with E-state index >= 15 is 0 Å². The number of carbonyl (C=O) groups is 1. The van der Waals surface area contributed by atoms with Crippen molar-refractivity contribution in [2.24, 2.45) is 5.41 Å². The number of rotatable bonds is 7. The van der Waals surface area contributed by atoms with Gasteiger partial charge in [0.25, 0.3) is 5.91 Å². The van der Waals surface area contributed by atoms with Gasteiger partial charge in [-0.2, -0.15) is 4.98 Å². The molecular weight excluding hydrogens is 462 g/mol. The zero-order chi connectivity index (χ0) is 26.8. The van der Waals surface area contributed by atoms with Crippen molar-refractivity contribution in [2.45, 2.75) is 71.9 Å². The number of aromatic nitrogens is 2. The number of nitrogens with zero attached hydrogens (tertiary/aromatic N) is 3. The number of phenols is 1. The second kappa shape index (κ2) is 10.4. The normalized spacial score (nSPS) is 15.6. The van der Waals surface area contributed by atoms with Crippen LogP contribution in [0.5, 0.6) is 5.75 Å². The maximum Gasteiger partial charge on any atom is 0.272 e. The minimum Gasteiger partial charge on any atom is -0.506 e. The zero-order valence-corrected chi connectivity index (χ0v) is 22.8. The van der Waals surface area contributed by atoms with Crippen LogP contribution in [0.25, 0.3) is 0 Å². The summed E-state index contributed by atoms with van der Waals surface area (Å²) in [7, 11) is 1.86. The molecular formula is C30H39N5O2. The number of aromatic hydroxyl groups is 1. The van der Waals surface area contributed by atoms with Gasteiger partial charge in [-0.05, 0) is 68.2 Å². The molecule has 196 valence electrons. The van der Waals surface area contributed by atoms with Crippen molar-refractivity contribution in [1.82, 2.24) is 14.9 Å². The average molecular weight is 502 g/mol. The highest BCUT2D eigenvalue weighted by Gasteiger charge is 2.29. The van der Waals surface area contributed by atoms with E-state index in [0.29, 0.717) is 17.2 Å². The first kappa shape index (κ1) is 26.5. The third-order valence-corrected chi connectivity index (χ3v) is 6.72. The molecule has 7 nitrogen and oxygen atoms in total. The number of aryl methyl sites for hydroxylation is 1. The predicted octanol–water partition coefficient (Wildman–Crippen LogP) is 6.18. The van der Waals surface area contributed by atoms with E-state index < -0.39 is 0 Å². The number of hydrogen-bond acceptors (Lipinski definition) is 6. The smallest absolute Gasteiger partial charge is 0.272 e. The summed E-state index contributed by atoms with van der Waals surface area (Å²) in [5.74, 6) is 0.754. The van der Waals surface area contributed by atoms with E-state index in [4.69, 9.17) is 0 Å². The van der Waals surface area contributed by atoms with Gasteiger partial charge in [-0.15, -0.1) is 0 Å². The molecule has 4 rings (SSSR count). The van der Waals surface area contributed by atoms with Gasteiger partial charge >= 0.3 is 0 Å². The number of nitrogens with one attached hydrogen (secondary N) is 2. The van der Waals surface area contributed by atoms with E-state index in [1.165, 1.54) is 11.1 Å². The molecule has 0 spiro atoms. The lowest BCUT2D eigenvalue weighted by Crippen LogP contribution is -2.41. The summed E-state index contributed by atoms with van der Waals surface area (Å²) in [6.45, 7) is 10.9. The Morgan fingerprint density at radius 1 is 1.03 bits per heavy atom. The van der Waals surface area contributed by atoms with Crippen molar-refractivity contribution in [3.05, 3.63) is 71.4 Å². The van der Waals surface area contributed by atoms with E-state index in [0.717, 1.165) is 25.7 Å². The summed E-state index contributed by atoms with van der Waals surface area (Å²) in [6.07, 6.45) is 3.60. The molecule has 1 atom stereocenters. The fraction of sp³-hybridized carbons (Fsp3) is 0.433. The van der Waals surface area contributed by atoms with Crippen molar-refractivity contribution in [1.29, 1.82) is 0 Å². The zero-order valence-electron chi connectivity index (χ0n) is 22.8. The number of benzene rings is 2. The molecule has 2 aromatic carbocycles. The van der Waals surface area contributed by atoms with Gasteiger partial charge in [0.2, 0.25) is 5.95 Å². The first-order valence-electron chi connectivity index (χ1n) is 13.0. The lowest BCUT2D eigenvalue weighted by atomic mass is 9.82. The highest BCUT2D eigenvalue weighted by molar-refractivity contribution is 5.93. The number of carbonyl (C=O) groups excluding carboxylic acids is 1. The largest absolute Gasteiger partial charge is 0.506 e. The highest BCUT2D eigenvalue weighted by atomic mass is 16.3. The van der Waals surface area contributed by atoms with Crippen LogP contribution in [0, 0.1) is 5.41 Å². The summed E-state index contributed by atoms with van der Waals surface area (Å²) in [6, 6.07) is 17.2. The summed E-state index contributed by atoms with van der Waals surface area (Å²) in [5.41, 5.74) is 3.29. The molecule has 0 saturated heterocycles. The van der Waals surface area contributed by atoms with E-state index in [-0.39, 0.29) is 34.6 Å². The van der Waals surface area contributed by atoms with Gasteiger partial charge in [0.05, 0.1) is 5.69 Å². The van der Waals surface area contributed by atoms with Gasteiger partial charge in [-0.25, -0.2) is 4.98 Å². The van der Waals surface area contributed by atoms with E-state index in [1.807, 2.05) is 18.0 Å². The minimum atomic E-state index is -0.266. The lowest BCUT2D eigenvalue weighted by Gasteiger charge is -2.34. The Morgan fingerprint density at radius 3 is 2.41 bits per heavy atom. The van der Waals surface area contributed by atoms with Gasteiger partial charge < -0.3 is 20.6 Å². The van der Waals surface area contributed by atoms with Crippen LogP contribution < -0.4 is 10.6 Å². The molecule has 37 heavy (non-hydrogen) atoms. The van der Waals surface area contributed by atoms with E-state index in [9.17, 15) is 9.90 Å². The van der Waals surface area contributed by atoms with Gasteiger partial charge in [0, 0.05) is 24.7 Å². The molecule has 7 heteroatoms. The van der Waals surface area contributed by atoms with Crippen molar-refractivity contribution in [3.8, 4) is 5.75 Å². The number of fused-ring (bicyclic) bond motifs is 1. The minimum absolute atomic E-state index is 0.0865. The molecule has 3 N–H and O–H groups in total. The summed E-state index contributed by atoms with van der Waals surface area (Å²) in [5, 5.41) is 16.9. The second-order valence-corrected chi connectivity index (χ2v) is 11.9. The van der Waals surface area contributed by atoms with Crippen LogP contribution in [-0.4, -0.2) is 44.5 Å². The Kier molecular flexibility index (Phi) is 7.44. The first-order valence-corrected chi connectivity index (χ1v) is 13.0. The molecule has 1 aromatic heterocycles. The number of phenolic OH excluding ortho intramolecular Hbond substituents is 1. The Bertz CT molecular complexity index is 1260. The molecule has 0 radical (unpaired) electrons. The average Bonchev–Trinajstić information content (AvgIpc) is 2.82. The van der Waals surface area contributed by atoms with Crippen molar-refractivity contribution >= 4 is 23.4 Å². The Morgan fingerprint density at radius 2 is 1.70 bits per heavy atom. The highest BCUT2D eigenvalue weighted by Crippen LogP contribution is 2.31. The molecule has 1 heterocycles. The third kappa shape index (κ3) is 6.79. The Labute approximate surface area is 220 Å². The number of para-hydroxylation sites is 2. The summed E-state index contributed by atoms with van der Waals surface area (Å²) in [4.78, 5) is 24.7. The Hall–Kier alpha value is -3.61. The standard InChI is InChI=1S/C30H39N5O2/c1-29(2,3)19-30(4,5)34-26-18-24(32-28(33-26)31-23-13-9-10-14-25(23)36)27(37)35(6)22-16-15-20-11-7-8-12-21(20)17-22/h7-14,18,22,36H,15-17,19H2,1-6H3,(H2,31,32,33,34). The molecule has 0 aliphatic heterocycles. The molecule has 0 saturated carbocycles. The van der Waals surface area contributed by atoms with Crippen molar-refractivity contribution in [2.75, 3.05) is 17.7 Å². The van der Waals surface area contributed by atoms with Crippen LogP contribution in [0.1, 0.15) is 69.1 Å². The van der Waals surface area contributed by atoms with E-state index in [2.05, 4.69) is 79.5 Å². The first-order chi connectivity index (χ1) is 17.4. The van der Waals surface area contributed by atoms with Crippen LogP contribution in [0.3, 0.4) is 0 Å². The second-order valence-electron chi connectivity index (χ2n) is 11.9. The third-order valence-electron chi connectivity index (χ3n) is 6.72. The number of likely N-dealkylation sites (N-methyl/N-ethyl adjacent to an activating group) is 1. The topological polar surface area (TPSA) is 90.4 Å². The molecule has 1 aliphatic carbocycles. The number of hydrogen-bond donors (Lipinski definition) is 3. The number of amides is 1. The predicted molar refractivity (Wildman–Crippen MR) is 150 cm³/mol. The molecule has 0 bridgehead atoms. The molecule has 1 unspecified atom stereocenters. The van der Waals surface area contributed by atoms with Crippen LogP contribution in [0.15, 0.2) is 54.6 Å². The van der Waals surface area contributed by atoms with Gasteiger partial charge in [0.1, 0.15) is 17.3 Å². The van der Waals surface area contributed by atoms with Gasteiger partial charge in [-0.1, -0.05) is 57.2 Å². The van der Waals surface area contributed by atoms with Crippen molar-refractivity contribution < 1.29 is 9.90 Å². The maximum absolute atomic E-state index is 13.7. The monoisotopic (exact) mass is 501 g/mol. The molecule has 3 aromatic rings. The quantitative estimate of drug-likeness (QED) is 0.335. The number of anilines is 3. The Balaban J connectivity index is 1.63. The van der Waals surface area contributed by atoms with Crippen LogP contribution in [0.4, 0.5) is 17.5 Å². The van der Waals surface area contributed by atoms with Gasteiger partial charge in [0.15, 0.2) is 0 Å². The van der Waals surface area contributed by atoms with E-state index in [1.54, 1.807) is 24.3 Å². The van der Waals surface area contributed by atoms with Crippen LogP contribution in [0.2, 0.25) is 0 Å². The fourth-order valence-corrected chi connectivity index (χ4v) is 5.45. The van der Waals surface area contributed by atoms with Crippen LogP contribution in [-0.2, 0) is 12.8 Å². The lowest BCUT2D eigenvalue weighted by molar-refractivity contribution is 0.0713. The fourth-order valence-electron chi connectivity index (χ4n) is 5.45. The SMILES string of the molecule is CN(C(=O)c1cc(NC(C)(C)CC(C)(C)C)nc(Nc2ccccc2O)n1)C1CCc2ccccc2C1. The molecule has 0 fully saturated rings. The summed E-state index contributed by atoms with van der Waals surface area (Å²) >= 11 is 0. The van der Waals surface area contributed by atoms with Crippen molar-refractivity contribution in [3.63, 3.8) is 0 Å².